The fraction of sp³-hybridized carbons (Fsp3) is 0.529. The first-order valence-electron chi connectivity index (χ1n) is 8.66. The van der Waals surface area contributed by atoms with Crippen LogP contribution in [0.25, 0.3) is 0 Å². The number of nitro groups is 1. The van der Waals surface area contributed by atoms with Crippen LogP contribution in [0.4, 0.5) is 5.69 Å². The molecular weight excluding hydrogens is 360 g/mol. The van der Waals surface area contributed by atoms with E-state index in [1.165, 1.54) is 18.2 Å². The first-order valence-corrected chi connectivity index (χ1v) is 9.04. The Morgan fingerprint density at radius 3 is 2.88 bits per heavy atom. The number of piperazine rings is 1. The summed E-state index contributed by atoms with van der Waals surface area (Å²) >= 11 is 6.09. The van der Waals surface area contributed by atoms with Crippen LogP contribution < -0.4 is 5.32 Å². The SMILES string of the molecule is O=C(Cc1ccc([N+](=O)[O-])cc1Cl)N1CCCC(N2CCNCC2=O)C1. The van der Waals surface area contributed by atoms with E-state index in [-0.39, 0.29) is 35.0 Å². The van der Waals surface area contributed by atoms with Gasteiger partial charge >= 0.3 is 0 Å². The molecule has 0 bridgehead atoms. The number of nitrogens with one attached hydrogen (secondary N) is 1. The van der Waals surface area contributed by atoms with Crippen molar-refractivity contribution in [2.45, 2.75) is 25.3 Å². The highest BCUT2D eigenvalue weighted by atomic mass is 35.5. The molecule has 1 N–H and O–H groups in total. The summed E-state index contributed by atoms with van der Waals surface area (Å²) in [7, 11) is 0. The predicted molar refractivity (Wildman–Crippen MR) is 96.0 cm³/mol. The summed E-state index contributed by atoms with van der Waals surface area (Å²) < 4.78 is 0. The number of nitrogens with zero attached hydrogens (tertiary/aromatic N) is 3. The first-order chi connectivity index (χ1) is 12.5. The molecule has 2 fully saturated rings. The molecule has 0 aliphatic carbocycles. The highest BCUT2D eigenvalue weighted by Crippen LogP contribution is 2.24. The standard InChI is InChI=1S/C17H21ClN4O4/c18-15-9-13(22(25)26)4-3-12(15)8-16(23)20-6-1-2-14(11-20)21-7-5-19-10-17(21)24/h3-4,9,14,19H,1-2,5-8,10-11H2. The second-order valence-electron chi connectivity index (χ2n) is 6.61. The van der Waals surface area contributed by atoms with Gasteiger partial charge in [0.15, 0.2) is 0 Å². The van der Waals surface area contributed by atoms with Crippen LogP contribution in [-0.2, 0) is 16.0 Å². The minimum atomic E-state index is -0.517. The van der Waals surface area contributed by atoms with E-state index >= 15 is 0 Å². The molecule has 3 rings (SSSR count). The molecule has 2 amide bonds. The van der Waals surface area contributed by atoms with E-state index < -0.39 is 4.92 Å². The van der Waals surface area contributed by atoms with Crippen molar-refractivity contribution in [1.82, 2.24) is 15.1 Å². The molecule has 0 aromatic heterocycles. The molecule has 2 aliphatic heterocycles. The van der Waals surface area contributed by atoms with Gasteiger partial charge in [-0.1, -0.05) is 17.7 Å². The van der Waals surface area contributed by atoms with Gasteiger partial charge in [-0.05, 0) is 18.4 Å². The number of hydrogen-bond donors (Lipinski definition) is 1. The summed E-state index contributed by atoms with van der Waals surface area (Å²) in [5, 5.41) is 14.1. The molecule has 1 aromatic rings. The fourth-order valence-electron chi connectivity index (χ4n) is 3.51. The molecule has 2 aliphatic rings. The lowest BCUT2D eigenvalue weighted by atomic mass is 10.0. The molecule has 2 heterocycles. The lowest BCUT2D eigenvalue weighted by Gasteiger charge is -2.41. The Morgan fingerprint density at radius 1 is 1.38 bits per heavy atom. The number of non-ortho nitro benzene ring substituents is 1. The van der Waals surface area contributed by atoms with Crippen molar-refractivity contribution in [3.63, 3.8) is 0 Å². The van der Waals surface area contributed by atoms with Crippen molar-refractivity contribution in [3.8, 4) is 0 Å². The molecule has 0 saturated carbocycles. The monoisotopic (exact) mass is 380 g/mol. The Morgan fingerprint density at radius 2 is 2.19 bits per heavy atom. The fourth-order valence-corrected chi connectivity index (χ4v) is 3.75. The van der Waals surface area contributed by atoms with Crippen molar-refractivity contribution in [2.24, 2.45) is 0 Å². The summed E-state index contributed by atoms with van der Waals surface area (Å²) in [6.07, 6.45) is 1.84. The van der Waals surface area contributed by atoms with Gasteiger partial charge in [0.1, 0.15) is 0 Å². The van der Waals surface area contributed by atoms with Crippen LogP contribution >= 0.6 is 11.6 Å². The number of likely N-dealkylation sites (tertiary alicyclic amines) is 1. The molecule has 9 heteroatoms. The highest BCUT2D eigenvalue weighted by Gasteiger charge is 2.31. The van der Waals surface area contributed by atoms with Crippen molar-refractivity contribution >= 4 is 29.1 Å². The largest absolute Gasteiger partial charge is 0.340 e. The van der Waals surface area contributed by atoms with Crippen molar-refractivity contribution in [3.05, 3.63) is 38.9 Å². The summed E-state index contributed by atoms with van der Waals surface area (Å²) in [6, 6.07) is 4.20. The van der Waals surface area contributed by atoms with E-state index in [2.05, 4.69) is 5.32 Å². The normalized spacial score (nSPS) is 21.0. The quantitative estimate of drug-likeness (QED) is 0.625. The molecule has 1 aromatic carbocycles. The zero-order chi connectivity index (χ0) is 18.7. The van der Waals surface area contributed by atoms with Gasteiger partial charge in [-0.3, -0.25) is 19.7 Å². The van der Waals surface area contributed by atoms with E-state index in [4.69, 9.17) is 11.6 Å². The Balaban J connectivity index is 1.64. The van der Waals surface area contributed by atoms with Crippen LogP contribution in [0.2, 0.25) is 5.02 Å². The van der Waals surface area contributed by atoms with E-state index in [1.54, 1.807) is 4.90 Å². The van der Waals surface area contributed by atoms with Gasteiger partial charge in [-0.25, -0.2) is 0 Å². The van der Waals surface area contributed by atoms with E-state index in [0.29, 0.717) is 31.7 Å². The van der Waals surface area contributed by atoms with Crippen LogP contribution in [0.15, 0.2) is 18.2 Å². The van der Waals surface area contributed by atoms with Crippen molar-refractivity contribution in [1.29, 1.82) is 0 Å². The molecule has 2 saturated heterocycles. The number of rotatable bonds is 4. The van der Waals surface area contributed by atoms with Crippen LogP contribution in [0, 0.1) is 10.1 Å². The maximum atomic E-state index is 12.7. The third-order valence-corrected chi connectivity index (χ3v) is 5.26. The Hall–Kier alpha value is -2.19. The zero-order valence-electron chi connectivity index (χ0n) is 14.3. The smallest absolute Gasteiger partial charge is 0.270 e. The summed E-state index contributed by atoms with van der Waals surface area (Å²) in [6.45, 7) is 2.96. The van der Waals surface area contributed by atoms with Gasteiger partial charge in [-0.15, -0.1) is 0 Å². The molecular formula is C17H21ClN4O4. The number of hydrogen-bond acceptors (Lipinski definition) is 5. The lowest BCUT2D eigenvalue weighted by Crippen LogP contribution is -2.57. The number of carbonyl (C=O) groups is 2. The third-order valence-electron chi connectivity index (χ3n) is 4.91. The van der Waals surface area contributed by atoms with Gasteiger partial charge in [0, 0.05) is 44.4 Å². The number of carbonyl (C=O) groups excluding carboxylic acids is 2. The molecule has 0 spiro atoms. The van der Waals surface area contributed by atoms with Crippen molar-refractivity contribution < 1.29 is 14.5 Å². The van der Waals surface area contributed by atoms with Crippen LogP contribution in [0.3, 0.4) is 0 Å². The Kier molecular flexibility index (Phi) is 5.73. The number of piperidine rings is 1. The van der Waals surface area contributed by atoms with Crippen molar-refractivity contribution in [2.75, 3.05) is 32.7 Å². The van der Waals surface area contributed by atoms with E-state index in [1.807, 2.05) is 4.90 Å². The molecule has 8 nitrogen and oxygen atoms in total. The lowest BCUT2D eigenvalue weighted by molar-refractivity contribution is -0.384. The summed E-state index contributed by atoms with van der Waals surface area (Å²) in [5.41, 5.74) is 0.476. The summed E-state index contributed by atoms with van der Waals surface area (Å²) in [5.74, 6) is 0.00185. The average Bonchev–Trinajstić information content (AvgIpc) is 2.63. The van der Waals surface area contributed by atoms with Gasteiger partial charge in [0.25, 0.3) is 5.69 Å². The maximum absolute atomic E-state index is 12.7. The van der Waals surface area contributed by atoms with E-state index in [0.717, 1.165) is 19.4 Å². The topological polar surface area (TPSA) is 95.8 Å². The Labute approximate surface area is 156 Å². The molecule has 26 heavy (non-hydrogen) atoms. The zero-order valence-corrected chi connectivity index (χ0v) is 15.1. The van der Waals surface area contributed by atoms with Gasteiger partial charge in [-0.2, -0.15) is 0 Å². The Bertz CT molecular complexity index is 727. The van der Waals surface area contributed by atoms with Gasteiger partial charge < -0.3 is 15.1 Å². The number of halogens is 1. The molecule has 1 atom stereocenters. The van der Waals surface area contributed by atoms with Crippen LogP contribution in [0.5, 0.6) is 0 Å². The average molecular weight is 381 g/mol. The number of benzene rings is 1. The second-order valence-corrected chi connectivity index (χ2v) is 7.02. The minimum Gasteiger partial charge on any atom is -0.340 e. The van der Waals surface area contributed by atoms with Gasteiger partial charge in [0.2, 0.25) is 11.8 Å². The third kappa shape index (κ3) is 4.13. The number of amides is 2. The summed E-state index contributed by atoms with van der Waals surface area (Å²) in [4.78, 5) is 38.6. The van der Waals surface area contributed by atoms with Crippen LogP contribution in [0.1, 0.15) is 18.4 Å². The molecule has 1 unspecified atom stereocenters. The first kappa shape index (κ1) is 18.6. The van der Waals surface area contributed by atoms with Gasteiger partial charge in [0.05, 0.1) is 22.9 Å². The maximum Gasteiger partial charge on any atom is 0.270 e. The van der Waals surface area contributed by atoms with Crippen LogP contribution in [-0.4, -0.2) is 65.3 Å². The van der Waals surface area contributed by atoms with E-state index in [9.17, 15) is 19.7 Å². The minimum absolute atomic E-state index is 0.0506. The highest BCUT2D eigenvalue weighted by molar-refractivity contribution is 6.31. The predicted octanol–water partition coefficient (Wildman–Crippen LogP) is 1.21. The molecule has 140 valence electrons. The second kappa shape index (κ2) is 8.01. The molecule has 0 radical (unpaired) electrons. The number of nitro benzene ring substituents is 1.